The zero-order chi connectivity index (χ0) is 12.7. The SMILES string of the molecule is C=C(C)C[C@H](O)COCc1ccc(OC)cc1. The highest BCUT2D eigenvalue weighted by Gasteiger charge is 2.04. The van der Waals surface area contributed by atoms with Gasteiger partial charge in [0.1, 0.15) is 5.75 Å². The molecule has 1 aromatic carbocycles. The molecular weight excluding hydrogens is 216 g/mol. The normalized spacial score (nSPS) is 12.2. The number of aliphatic hydroxyl groups is 1. The highest BCUT2D eigenvalue weighted by atomic mass is 16.5. The Morgan fingerprint density at radius 1 is 1.35 bits per heavy atom. The summed E-state index contributed by atoms with van der Waals surface area (Å²) in [6.45, 7) is 6.48. The number of aliphatic hydroxyl groups excluding tert-OH is 1. The van der Waals surface area contributed by atoms with Crippen molar-refractivity contribution in [2.75, 3.05) is 13.7 Å². The average Bonchev–Trinajstić information content (AvgIpc) is 2.29. The van der Waals surface area contributed by atoms with Gasteiger partial charge in [-0.25, -0.2) is 0 Å². The Morgan fingerprint density at radius 3 is 2.53 bits per heavy atom. The largest absolute Gasteiger partial charge is 0.497 e. The first-order valence-corrected chi connectivity index (χ1v) is 5.65. The molecule has 3 heteroatoms. The molecule has 17 heavy (non-hydrogen) atoms. The minimum atomic E-state index is -0.467. The molecule has 0 aliphatic rings. The summed E-state index contributed by atoms with van der Waals surface area (Å²) in [5.74, 6) is 0.830. The average molecular weight is 236 g/mol. The van der Waals surface area contributed by atoms with Crippen LogP contribution in [0, 0.1) is 0 Å². The van der Waals surface area contributed by atoms with E-state index in [-0.39, 0.29) is 0 Å². The topological polar surface area (TPSA) is 38.7 Å². The summed E-state index contributed by atoms with van der Waals surface area (Å²) in [6, 6.07) is 7.68. The van der Waals surface area contributed by atoms with Crippen LogP contribution in [0.4, 0.5) is 0 Å². The molecule has 0 amide bonds. The van der Waals surface area contributed by atoms with Crippen LogP contribution in [0.15, 0.2) is 36.4 Å². The van der Waals surface area contributed by atoms with Crippen molar-refractivity contribution in [1.82, 2.24) is 0 Å². The number of hydrogen-bond acceptors (Lipinski definition) is 3. The molecule has 0 aliphatic carbocycles. The van der Waals surface area contributed by atoms with E-state index in [4.69, 9.17) is 9.47 Å². The highest BCUT2D eigenvalue weighted by Crippen LogP contribution is 2.12. The Bertz CT molecular complexity index is 343. The van der Waals surface area contributed by atoms with Gasteiger partial charge in [-0.1, -0.05) is 17.7 Å². The molecule has 1 rings (SSSR count). The molecular formula is C14H20O3. The van der Waals surface area contributed by atoms with Crippen LogP contribution in [-0.2, 0) is 11.3 Å². The summed E-state index contributed by atoms with van der Waals surface area (Å²) in [5.41, 5.74) is 2.03. The van der Waals surface area contributed by atoms with Crippen LogP contribution >= 0.6 is 0 Å². The first-order valence-electron chi connectivity index (χ1n) is 5.65. The third-order valence-corrected chi connectivity index (χ3v) is 2.32. The van der Waals surface area contributed by atoms with E-state index in [1.54, 1.807) is 7.11 Å². The van der Waals surface area contributed by atoms with Crippen LogP contribution in [-0.4, -0.2) is 24.9 Å². The van der Waals surface area contributed by atoms with E-state index in [1.165, 1.54) is 0 Å². The van der Waals surface area contributed by atoms with Gasteiger partial charge in [-0.3, -0.25) is 0 Å². The van der Waals surface area contributed by atoms with Gasteiger partial charge in [0, 0.05) is 0 Å². The van der Waals surface area contributed by atoms with E-state index in [2.05, 4.69) is 6.58 Å². The van der Waals surface area contributed by atoms with Gasteiger partial charge < -0.3 is 14.6 Å². The first kappa shape index (κ1) is 13.7. The van der Waals surface area contributed by atoms with E-state index in [0.29, 0.717) is 19.6 Å². The Labute approximate surface area is 103 Å². The number of benzene rings is 1. The summed E-state index contributed by atoms with van der Waals surface area (Å²) in [5, 5.41) is 9.57. The Kier molecular flexibility index (Phi) is 5.73. The van der Waals surface area contributed by atoms with E-state index in [1.807, 2.05) is 31.2 Å². The summed E-state index contributed by atoms with van der Waals surface area (Å²) in [4.78, 5) is 0. The van der Waals surface area contributed by atoms with Crippen molar-refractivity contribution in [3.8, 4) is 5.75 Å². The molecule has 0 unspecified atom stereocenters. The smallest absolute Gasteiger partial charge is 0.118 e. The molecule has 0 heterocycles. The number of rotatable bonds is 7. The molecule has 0 fully saturated rings. The van der Waals surface area contributed by atoms with Crippen LogP contribution in [0.1, 0.15) is 18.9 Å². The van der Waals surface area contributed by atoms with Gasteiger partial charge in [0.15, 0.2) is 0 Å². The highest BCUT2D eigenvalue weighted by molar-refractivity contribution is 5.26. The zero-order valence-electron chi connectivity index (χ0n) is 10.5. The van der Waals surface area contributed by atoms with Gasteiger partial charge in [0.2, 0.25) is 0 Å². The molecule has 0 saturated heterocycles. The molecule has 3 nitrogen and oxygen atoms in total. The van der Waals surface area contributed by atoms with Gasteiger partial charge in [-0.15, -0.1) is 6.58 Å². The number of hydrogen-bond donors (Lipinski definition) is 1. The Hall–Kier alpha value is -1.32. The molecule has 0 saturated carbocycles. The molecule has 0 aromatic heterocycles. The second kappa shape index (κ2) is 7.09. The first-order chi connectivity index (χ1) is 8.11. The lowest BCUT2D eigenvalue weighted by Gasteiger charge is -2.11. The van der Waals surface area contributed by atoms with Crippen LogP contribution in [0.3, 0.4) is 0 Å². The third kappa shape index (κ3) is 5.52. The van der Waals surface area contributed by atoms with E-state index in [0.717, 1.165) is 16.9 Å². The molecule has 0 bridgehead atoms. The summed E-state index contributed by atoms with van der Waals surface area (Å²) in [7, 11) is 1.64. The summed E-state index contributed by atoms with van der Waals surface area (Å²) >= 11 is 0. The predicted molar refractivity (Wildman–Crippen MR) is 68.1 cm³/mol. The molecule has 0 spiro atoms. The summed E-state index contributed by atoms with van der Waals surface area (Å²) < 4.78 is 10.5. The van der Waals surface area contributed by atoms with E-state index in [9.17, 15) is 5.11 Å². The van der Waals surface area contributed by atoms with Crippen molar-refractivity contribution in [2.24, 2.45) is 0 Å². The quantitative estimate of drug-likeness (QED) is 0.739. The van der Waals surface area contributed by atoms with Crippen LogP contribution in [0.5, 0.6) is 5.75 Å². The monoisotopic (exact) mass is 236 g/mol. The van der Waals surface area contributed by atoms with Gasteiger partial charge in [-0.05, 0) is 31.0 Å². The Morgan fingerprint density at radius 2 is 2.00 bits per heavy atom. The lowest BCUT2D eigenvalue weighted by atomic mass is 10.1. The van der Waals surface area contributed by atoms with Crippen LogP contribution < -0.4 is 4.74 Å². The van der Waals surface area contributed by atoms with Crippen molar-refractivity contribution in [2.45, 2.75) is 26.1 Å². The van der Waals surface area contributed by atoms with Gasteiger partial charge in [0.05, 0.1) is 26.4 Å². The number of methoxy groups -OCH3 is 1. The van der Waals surface area contributed by atoms with Crippen molar-refractivity contribution < 1.29 is 14.6 Å². The van der Waals surface area contributed by atoms with Crippen LogP contribution in [0.2, 0.25) is 0 Å². The molecule has 0 radical (unpaired) electrons. The van der Waals surface area contributed by atoms with Gasteiger partial charge in [-0.2, -0.15) is 0 Å². The molecule has 1 atom stereocenters. The van der Waals surface area contributed by atoms with E-state index >= 15 is 0 Å². The minimum Gasteiger partial charge on any atom is -0.497 e. The molecule has 94 valence electrons. The minimum absolute atomic E-state index is 0.332. The van der Waals surface area contributed by atoms with E-state index < -0.39 is 6.10 Å². The maximum atomic E-state index is 9.57. The van der Waals surface area contributed by atoms with Crippen LogP contribution in [0.25, 0.3) is 0 Å². The van der Waals surface area contributed by atoms with Crippen molar-refractivity contribution in [3.05, 3.63) is 42.0 Å². The number of ether oxygens (including phenoxy) is 2. The van der Waals surface area contributed by atoms with Crippen molar-refractivity contribution in [1.29, 1.82) is 0 Å². The lowest BCUT2D eigenvalue weighted by Crippen LogP contribution is -2.15. The predicted octanol–water partition coefficient (Wildman–Crippen LogP) is 2.54. The van der Waals surface area contributed by atoms with Crippen molar-refractivity contribution in [3.63, 3.8) is 0 Å². The van der Waals surface area contributed by atoms with Gasteiger partial charge in [0.25, 0.3) is 0 Å². The summed E-state index contributed by atoms with van der Waals surface area (Å²) in [6.07, 6.45) is 0.119. The second-order valence-corrected chi connectivity index (χ2v) is 4.18. The fourth-order valence-corrected chi connectivity index (χ4v) is 1.50. The second-order valence-electron chi connectivity index (χ2n) is 4.18. The standard InChI is InChI=1S/C14H20O3/c1-11(2)8-13(15)10-17-9-12-4-6-14(16-3)7-5-12/h4-7,13,15H,1,8-10H2,2-3H3/t13-/m0/s1. The van der Waals surface area contributed by atoms with Gasteiger partial charge >= 0.3 is 0 Å². The fourth-order valence-electron chi connectivity index (χ4n) is 1.50. The maximum Gasteiger partial charge on any atom is 0.118 e. The molecule has 0 aliphatic heterocycles. The third-order valence-electron chi connectivity index (χ3n) is 2.32. The molecule has 1 aromatic rings. The molecule has 1 N–H and O–H groups in total. The zero-order valence-corrected chi connectivity index (χ0v) is 10.5. The lowest BCUT2D eigenvalue weighted by molar-refractivity contribution is 0.0289. The fraction of sp³-hybridized carbons (Fsp3) is 0.429. The Balaban J connectivity index is 2.28. The van der Waals surface area contributed by atoms with Crippen molar-refractivity contribution >= 4 is 0 Å². The maximum absolute atomic E-state index is 9.57.